The van der Waals surface area contributed by atoms with Gasteiger partial charge in [-0.1, -0.05) is 33.6 Å². The maximum atomic E-state index is 13.6. The van der Waals surface area contributed by atoms with Crippen molar-refractivity contribution in [2.24, 2.45) is 0 Å². The van der Waals surface area contributed by atoms with Gasteiger partial charge >= 0.3 is 0 Å². The highest BCUT2D eigenvalue weighted by molar-refractivity contribution is 14.1. The molecule has 0 bridgehead atoms. The third kappa shape index (κ3) is 3.89. The van der Waals surface area contributed by atoms with Gasteiger partial charge in [-0.2, -0.15) is 0 Å². The highest BCUT2D eigenvalue weighted by Gasteiger charge is 2.15. The normalized spacial score (nSPS) is 12.5. The smallest absolute Gasteiger partial charge is 0.129 e. The molecule has 0 aliphatic carbocycles. The summed E-state index contributed by atoms with van der Waals surface area (Å²) in [6.45, 7) is 0. The van der Waals surface area contributed by atoms with Gasteiger partial charge in [0.1, 0.15) is 11.6 Å². The molecule has 0 nitrogen and oxygen atoms in total. The standard InChI is InChI=1S/C14H9BrClF2I/c15-12(11-6-9(16)2-4-14(11)19)5-8-1-3-10(17)7-13(8)18/h1-4,6-7,12H,5H2. The summed E-state index contributed by atoms with van der Waals surface area (Å²) in [5.74, 6) is -1.09. The van der Waals surface area contributed by atoms with E-state index in [0.29, 0.717) is 17.0 Å². The van der Waals surface area contributed by atoms with Crippen LogP contribution in [0.25, 0.3) is 0 Å². The van der Waals surface area contributed by atoms with Gasteiger partial charge in [0.25, 0.3) is 0 Å². The molecule has 1 unspecified atom stereocenters. The van der Waals surface area contributed by atoms with Crippen LogP contribution >= 0.6 is 50.1 Å². The van der Waals surface area contributed by atoms with Crippen LogP contribution in [0.3, 0.4) is 0 Å². The molecule has 0 fully saturated rings. The van der Waals surface area contributed by atoms with Gasteiger partial charge in [0, 0.05) is 19.5 Å². The lowest BCUT2D eigenvalue weighted by molar-refractivity contribution is 0.571. The monoisotopic (exact) mass is 456 g/mol. The topological polar surface area (TPSA) is 0 Å². The molecule has 0 radical (unpaired) electrons. The molecule has 0 heterocycles. The first-order valence-corrected chi connectivity index (χ1v) is 7.87. The molecule has 0 spiro atoms. The minimum atomic E-state index is -0.565. The van der Waals surface area contributed by atoms with Gasteiger partial charge in [-0.3, -0.25) is 0 Å². The van der Waals surface area contributed by atoms with Crippen LogP contribution < -0.4 is 0 Å². The Balaban J connectivity index is 2.25. The van der Waals surface area contributed by atoms with E-state index in [-0.39, 0.29) is 4.83 Å². The molecule has 0 aliphatic rings. The number of benzene rings is 2. The molecular weight excluding hydrogens is 448 g/mol. The lowest BCUT2D eigenvalue weighted by atomic mass is 10.0. The molecule has 1 atom stereocenters. The summed E-state index contributed by atoms with van der Waals surface area (Å²) in [6.07, 6.45) is 0.433. The Kier molecular flexibility index (Phi) is 5.20. The van der Waals surface area contributed by atoms with E-state index < -0.39 is 11.6 Å². The summed E-state index contributed by atoms with van der Waals surface area (Å²) in [7, 11) is 0. The molecular formula is C14H9BrClF2I. The van der Waals surface area contributed by atoms with Crippen LogP contribution in [0.15, 0.2) is 36.4 Å². The quantitative estimate of drug-likeness (QED) is 0.398. The highest BCUT2D eigenvalue weighted by Crippen LogP contribution is 2.33. The van der Waals surface area contributed by atoms with Gasteiger partial charge < -0.3 is 0 Å². The predicted octanol–water partition coefficient (Wildman–Crippen LogP) is 5.90. The minimum absolute atomic E-state index is 0.0712. The number of hydrogen-bond donors (Lipinski definition) is 0. The van der Waals surface area contributed by atoms with Crippen molar-refractivity contribution >= 4 is 50.1 Å². The Morgan fingerprint density at radius 1 is 1.16 bits per heavy atom. The van der Waals surface area contributed by atoms with Crippen LogP contribution in [0, 0.1) is 15.2 Å². The summed E-state index contributed by atoms with van der Waals surface area (Å²) in [4.78, 5) is -0.0712. The molecule has 0 N–H and O–H groups in total. The van der Waals surface area contributed by atoms with Gasteiger partial charge in [0.05, 0.1) is 0 Å². The average Bonchev–Trinajstić information content (AvgIpc) is 2.35. The molecule has 0 saturated heterocycles. The number of hydrogen-bond acceptors (Lipinski definition) is 0. The van der Waals surface area contributed by atoms with E-state index in [1.54, 1.807) is 0 Å². The summed E-state index contributed by atoms with van der Waals surface area (Å²) in [6, 6.07) is 9.21. The summed E-state index contributed by atoms with van der Waals surface area (Å²) in [5, 5.41) is 0.638. The van der Waals surface area contributed by atoms with Crippen LogP contribution in [-0.2, 0) is 6.42 Å². The second-order valence-electron chi connectivity index (χ2n) is 4.07. The SMILES string of the molecule is Fc1ccc(CC(Br)c2cc(Cl)ccc2I)c(F)c1. The van der Waals surface area contributed by atoms with Crippen molar-refractivity contribution in [2.75, 3.05) is 0 Å². The van der Waals surface area contributed by atoms with Crippen LogP contribution in [0.4, 0.5) is 8.78 Å². The van der Waals surface area contributed by atoms with Crippen molar-refractivity contribution in [3.8, 4) is 0 Å². The van der Waals surface area contributed by atoms with E-state index in [0.717, 1.165) is 15.2 Å². The fourth-order valence-electron chi connectivity index (χ4n) is 1.74. The zero-order chi connectivity index (χ0) is 14.0. The largest absolute Gasteiger partial charge is 0.207 e. The molecule has 5 heteroatoms. The van der Waals surface area contributed by atoms with Crippen LogP contribution in [0.2, 0.25) is 5.02 Å². The van der Waals surface area contributed by atoms with Gasteiger partial charge in [0.2, 0.25) is 0 Å². The van der Waals surface area contributed by atoms with E-state index in [1.165, 1.54) is 12.1 Å². The third-order valence-corrected chi connectivity index (χ3v) is 4.74. The number of rotatable bonds is 3. The molecule has 2 aromatic carbocycles. The summed E-state index contributed by atoms with van der Waals surface area (Å²) < 4.78 is 27.5. The molecule has 2 aromatic rings. The van der Waals surface area contributed by atoms with E-state index in [1.807, 2.05) is 18.2 Å². The highest BCUT2D eigenvalue weighted by atomic mass is 127. The van der Waals surface area contributed by atoms with Gasteiger partial charge in [-0.15, -0.1) is 0 Å². The van der Waals surface area contributed by atoms with Crippen LogP contribution in [0.1, 0.15) is 16.0 Å². The molecule has 100 valence electrons. The van der Waals surface area contributed by atoms with Crippen LogP contribution in [-0.4, -0.2) is 0 Å². The van der Waals surface area contributed by atoms with Crippen molar-refractivity contribution in [3.63, 3.8) is 0 Å². The molecule has 0 amide bonds. The van der Waals surface area contributed by atoms with E-state index >= 15 is 0 Å². The first kappa shape index (κ1) is 15.2. The van der Waals surface area contributed by atoms with Crippen molar-refractivity contribution in [2.45, 2.75) is 11.2 Å². The van der Waals surface area contributed by atoms with E-state index in [9.17, 15) is 8.78 Å². The lowest BCUT2D eigenvalue weighted by Gasteiger charge is -2.13. The zero-order valence-corrected chi connectivity index (χ0v) is 14.1. The average molecular weight is 457 g/mol. The fourth-order valence-corrected chi connectivity index (χ4v) is 3.79. The Morgan fingerprint density at radius 3 is 2.58 bits per heavy atom. The minimum Gasteiger partial charge on any atom is -0.207 e. The number of halogens is 5. The van der Waals surface area contributed by atoms with E-state index in [4.69, 9.17) is 11.6 Å². The van der Waals surface area contributed by atoms with Gasteiger partial charge in [0.15, 0.2) is 0 Å². The first-order valence-electron chi connectivity index (χ1n) is 5.50. The first-order chi connectivity index (χ1) is 8.97. The third-order valence-electron chi connectivity index (χ3n) is 2.71. The zero-order valence-electron chi connectivity index (χ0n) is 9.64. The Labute approximate surface area is 137 Å². The van der Waals surface area contributed by atoms with Gasteiger partial charge in [-0.25, -0.2) is 8.78 Å². The summed E-state index contributed by atoms with van der Waals surface area (Å²) >= 11 is 11.7. The maximum absolute atomic E-state index is 13.6. The maximum Gasteiger partial charge on any atom is 0.129 e. The van der Waals surface area contributed by atoms with Gasteiger partial charge in [-0.05, 0) is 64.4 Å². The van der Waals surface area contributed by atoms with Crippen LogP contribution in [0.5, 0.6) is 0 Å². The number of alkyl halides is 1. The summed E-state index contributed by atoms with van der Waals surface area (Å²) in [5.41, 5.74) is 1.47. The molecule has 19 heavy (non-hydrogen) atoms. The second-order valence-corrected chi connectivity index (χ2v) is 6.78. The van der Waals surface area contributed by atoms with Crippen molar-refractivity contribution < 1.29 is 8.78 Å². The lowest BCUT2D eigenvalue weighted by Crippen LogP contribution is -2.00. The van der Waals surface area contributed by atoms with Crippen molar-refractivity contribution in [1.29, 1.82) is 0 Å². The Hall–Kier alpha value is -0.200. The molecule has 0 aliphatic heterocycles. The Morgan fingerprint density at radius 2 is 1.89 bits per heavy atom. The van der Waals surface area contributed by atoms with Crippen molar-refractivity contribution in [1.82, 2.24) is 0 Å². The van der Waals surface area contributed by atoms with Crippen molar-refractivity contribution in [3.05, 3.63) is 67.8 Å². The molecule has 0 saturated carbocycles. The van der Waals surface area contributed by atoms with E-state index in [2.05, 4.69) is 38.5 Å². The molecule has 2 rings (SSSR count). The molecule has 0 aromatic heterocycles. The second kappa shape index (κ2) is 6.50. The Bertz CT molecular complexity index is 604. The predicted molar refractivity (Wildman–Crippen MR) is 85.9 cm³/mol. The fraction of sp³-hybridized carbons (Fsp3) is 0.143.